The number of benzene rings is 16. The number of carbonyl (C=O) groups is 2. The lowest BCUT2D eigenvalue weighted by molar-refractivity contribution is -0.304. The van der Waals surface area contributed by atoms with Gasteiger partial charge in [0.1, 0.15) is 36.4 Å². The fourth-order valence-corrected chi connectivity index (χ4v) is 17.5. The number of para-hydroxylation sites is 4. The second kappa shape index (κ2) is 32.3. The van der Waals surface area contributed by atoms with Crippen molar-refractivity contribution in [2.45, 2.75) is 27.7 Å². The highest BCUT2D eigenvalue weighted by Gasteiger charge is 2.54. The summed E-state index contributed by atoms with van der Waals surface area (Å²) in [7, 11) is 0. The lowest BCUT2D eigenvalue weighted by Crippen LogP contribution is -2.71. The summed E-state index contributed by atoms with van der Waals surface area (Å²) in [6.07, 6.45) is 9.05. The molecule has 0 fully saturated rings. The summed E-state index contributed by atoms with van der Waals surface area (Å²) in [6, 6.07) is 145. The molecule has 4 aliphatic rings. The van der Waals surface area contributed by atoms with Crippen LogP contribution < -0.4 is 62.3 Å². The molecular formula is C102H84B4N4O6. The Labute approximate surface area is 677 Å². The van der Waals surface area contributed by atoms with Gasteiger partial charge in [-0.15, -0.1) is 0 Å². The van der Waals surface area contributed by atoms with Crippen LogP contribution in [0.2, 0.25) is 0 Å². The van der Waals surface area contributed by atoms with Crippen molar-refractivity contribution in [2.24, 2.45) is 0 Å². The zero-order chi connectivity index (χ0) is 79.1. The molecule has 116 heavy (non-hydrogen) atoms. The molecule has 560 valence electrons. The van der Waals surface area contributed by atoms with Crippen LogP contribution in [0.1, 0.15) is 49.9 Å². The van der Waals surface area contributed by atoms with Gasteiger partial charge in [0.2, 0.25) is 0 Å². The summed E-state index contributed by atoms with van der Waals surface area (Å²) < 4.78 is 40.0. The van der Waals surface area contributed by atoms with Crippen LogP contribution in [0.4, 0.5) is 22.7 Å². The van der Waals surface area contributed by atoms with Gasteiger partial charge in [-0.05, 0) is 76.2 Å². The second-order valence-corrected chi connectivity index (χ2v) is 30.2. The van der Waals surface area contributed by atoms with Crippen molar-refractivity contribution in [3.63, 3.8) is 0 Å². The first-order chi connectivity index (χ1) is 57.0. The normalized spacial score (nSPS) is 14.5. The Kier molecular flexibility index (Phi) is 20.7. The Morgan fingerprint density at radius 3 is 0.457 bits per heavy atom. The molecule has 4 heterocycles. The zero-order valence-corrected chi connectivity index (χ0v) is 65.1. The largest absolute Gasteiger partial charge is 0.650 e. The molecule has 0 atom stereocenters. The van der Waals surface area contributed by atoms with E-state index in [-0.39, 0.29) is 11.6 Å². The smallest absolute Gasteiger partial charge is 0.513 e. The fraction of sp³-hybridized carbons (Fsp3) is 0.0392. The van der Waals surface area contributed by atoms with Crippen molar-refractivity contribution in [3.05, 3.63) is 435 Å². The van der Waals surface area contributed by atoms with Crippen molar-refractivity contribution in [1.82, 2.24) is 0 Å². The Balaban J connectivity index is 0.000000153. The van der Waals surface area contributed by atoms with Crippen LogP contribution in [-0.2, 0) is 9.59 Å². The van der Waals surface area contributed by atoms with Gasteiger partial charge in [-0.2, -0.15) is 0 Å². The summed E-state index contributed by atoms with van der Waals surface area (Å²) in [5.74, 6) is 3.67. The molecule has 0 aliphatic carbocycles. The first-order valence-corrected chi connectivity index (χ1v) is 39.7. The van der Waals surface area contributed by atoms with Gasteiger partial charge in [0.15, 0.2) is 22.7 Å². The summed E-state index contributed by atoms with van der Waals surface area (Å²) in [5.41, 5.74) is 16.9. The Hall–Kier alpha value is -14.5. The maximum atomic E-state index is 9.44. The quantitative estimate of drug-likeness (QED) is 0.113. The third-order valence-corrected chi connectivity index (χ3v) is 22.4. The van der Waals surface area contributed by atoms with E-state index in [9.17, 15) is 9.59 Å². The van der Waals surface area contributed by atoms with E-state index in [1.165, 1.54) is 27.7 Å². The molecule has 0 bridgehead atoms. The average Bonchev–Trinajstić information content (AvgIpc) is 0.712. The molecule has 20 rings (SSSR count). The van der Waals surface area contributed by atoms with Gasteiger partial charge in [0.25, 0.3) is 0 Å². The van der Waals surface area contributed by atoms with E-state index in [2.05, 4.69) is 455 Å². The van der Waals surface area contributed by atoms with Crippen molar-refractivity contribution in [1.29, 1.82) is 0 Å². The number of ketones is 2. The average molecular weight is 1510 g/mol. The Morgan fingerprint density at radius 2 is 0.319 bits per heavy atom. The van der Waals surface area contributed by atoms with Crippen LogP contribution in [-0.4, -0.2) is 80.3 Å². The molecule has 10 nitrogen and oxygen atoms in total. The molecule has 4 aliphatic heterocycles. The number of rotatable bonds is 12. The van der Waals surface area contributed by atoms with Crippen LogP contribution in [0.3, 0.4) is 0 Å². The van der Waals surface area contributed by atoms with Gasteiger partial charge >= 0.3 is 25.9 Å². The minimum Gasteiger partial charge on any atom is -0.650 e. The van der Waals surface area contributed by atoms with E-state index in [4.69, 9.17) is 18.6 Å². The number of hydrogen-bond acceptors (Lipinski definition) is 6. The molecule has 0 saturated heterocycles. The van der Waals surface area contributed by atoms with Crippen LogP contribution in [0.25, 0.3) is 21.5 Å². The maximum Gasteiger partial charge on any atom is 0.513 e. The van der Waals surface area contributed by atoms with Gasteiger partial charge in [-0.25, -0.2) is 0 Å². The molecule has 14 heteroatoms. The first kappa shape index (κ1) is 74.3. The molecule has 0 radical (unpaired) electrons. The summed E-state index contributed by atoms with van der Waals surface area (Å²) in [4.78, 5) is 18.9. The minimum absolute atomic E-state index is 0.167. The fourth-order valence-electron chi connectivity index (χ4n) is 17.5. The molecule has 0 amide bonds. The highest BCUT2D eigenvalue weighted by molar-refractivity contribution is 6.94. The number of hydrogen-bond donors (Lipinski definition) is 0. The van der Waals surface area contributed by atoms with E-state index < -0.39 is 25.9 Å². The second-order valence-electron chi connectivity index (χ2n) is 30.2. The Morgan fingerprint density at radius 1 is 0.190 bits per heavy atom. The standard InChI is InChI=1S/2C48H36B2N2O2.2C3H6O/c2*1-7-19-39(20-8-1)49(40-21-9-2-10-22-40)51(43-27-15-5-16-28-43)35-37-31-34-46-45(47(37)53-49)33-32-38-36-52(44-29-17-6-18-30-44)50(54-48(38)46,41-23-11-3-12-24-41)42-25-13-4-14-26-42;2*1-3(2)4/h2*1-36H;2*1-2H3. The van der Waals surface area contributed by atoms with Crippen LogP contribution in [0.15, 0.2) is 413 Å². The molecule has 0 spiro atoms. The van der Waals surface area contributed by atoms with E-state index in [0.717, 1.165) is 133 Å². The van der Waals surface area contributed by atoms with E-state index in [0.29, 0.717) is 0 Å². The predicted octanol–water partition coefficient (Wildman–Crippen LogP) is 16.5. The predicted molar refractivity (Wildman–Crippen MR) is 481 cm³/mol. The number of Topliss-reactive ketones (excluding diaryl/α,β-unsaturated/α-hetero) is 2. The van der Waals surface area contributed by atoms with Gasteiger partial charge in [0.05, 0.1) is 45.3 Å². The summed E-state index contributed by atoms with van der Waals surface area (Å²) in [6.45, 7) is -1.80. The van der Waals surface area contributed by atoms with Crippen LogP contribution in [0, 0.1) is 0 Å². The van der Waals surface area contributed by atoms with Crippen molar-refractivity contribution < 1.29 is 46.2 Å². The van der Waals surface area contributed by atoms with Crippen molar-refractivity contribution >= 4 is 150 Å². The van der Waals surface area contributed by atoms with Crippen molar-refractivity contribution in [2.75, 3.05) is 0 Å². The molecular weight excluding hydrogens is 1420 g/mol. The summed E-state index contributed by atoms with van der Waals surface area (Å²) >= 11 is 0. The molecule has 16 aromatic rings. The number of nitrogens with zero attached hydrogens (tertiary/aromatic N) is 4. The van der Waals surface area contributed by atoms with Gasteiger partial charge < -0.3 is 46.2 Å². The highest BCUT2D eigenvalue weighted by atomic mass is 16.5. The SMILES string of the molecule is C1=[N+](c2ccccc2)[B-](c2ccccc2)(c2ccccc2)Oc2c1ccc1c3c(ccc21)C=[N+](c1ccccc1)[B-](c1ccccc1)(c1ccccc1)O3.C1=[N+](c2ccccc2)[B-](c2ccccc2)(c2ccccc2)Oc2c1ccc1c3c(ccc21)C=[N+](c1ccccc1)[B-](c1ccccc1)(c1ccccc1)O3.CC(C)=O.CC(C)=O. The maximum absolute atomic E-state index is 9.44. The number of carbonyl (C=O) groups excluding carboxylic acids is 2. The molecule has 0 saturated carbocycles. The van der Waals surface area contributed by atoms with Crippen LogP contribution >= 0.6 is 0 Å². The minimum atomic E-state index is -1.98. The van der Waals surface area contributed by atoms with E-state index in [1.807, 2.05) is 0 Å². The van der Waals surface area contributed by atoms with E-state index >= 15 is 0 Å². The topological polar surface area (TPSA) is 83.1 Å². The number of fused-ring (bicyclic) bond motifs is 10. The third-order valence-electron chi connectivity index (χ3n) is 22.4. The molecule has 0 N–H and O–H groups in total. The van der Waals surface area contributed by atoms with Gasteiger partial charge in [0, 0.05) is 70.1 Å². The van der Waals surface area contributed by atoms with Crippen molar-refractivity contribution in [3.8, 4) is 23.0 Å². The lowest BCUT2D eigenvalue weighted by Gasteiger charge is -2.43. The van der Waals surface area contributed by atoms with Gasteiger partial charge in [-0.3, -0.25) is 0 Å². The highest BCUT2D eigenvalue weighted by Crippen LogP contribution is 2.45. The van der Waals surface area contributed by atoms with Crippen LogP contribution in [0.5, 0.6) is 23.0 Å². The first-order valence-electron chi connectivity index (χ1n) is 39.7. The third kappa shape index (κ3) is 13.7. The monoisotopic (exact) mass is 1500 g/mol. The van der Waals surface area contributed by atoms with E-state index in [1.54, 1.807) is 0 Å². The summed E-state index contributed by atoms with van der Waals surface area (Å²) in [5, 5.41) is 4.00. The lowest BCUT2D eigenvalue weighted by atomic mass is 9.40. The zero-order valence-electron chi connectivity index (χ0n) is 65.1. The molecule has 0 aromatic heterocycles. The molecule has 16 aromatic carbocycles. The van der Waals surface area contributed by atoms with Gasteiger partial charge in [-0.1, -0.05) is 359 Å². The Bertz CT molecular complexity index is 5450. The molecule has 0 unspecified atom stereocenters.